The molecule has 376 valence electrons. The third-order valence-corrected chi connectivity index (χ3v) is 11.9. The lowest BCUT2D eigenvalue weighted by Crippen LogP contribution is -2.30. The first-order valence-corrected chi connectivity index (χ1v) is 22.9. The number of hydrogen-bond donors (Lipinski definition) is 1. The number of nitrogens with zero attached hydrogens (tertiary/aromatic N) is 7. The van der Waals surface area contributed by atoms with Gasteiger partial charge in [0.05, 0.1) is 68.2 Å². The van der Waals surface area contributed by atoms with Crippen molar-refractivity contribution in [3.63, 3.8) is 0 Å². The van der Waals surface area contributed by atoms with Crippen molar-refractivity contribution in [2.45, 2.75) is 38.6 Å². The van der Waals surface area contributed by atoms with Crippen molar-refractivity contribution >= 4 is 91.9 Å². The molecule has 7 rings (SSSR count). The van der Waals surface area contributed by atoms with Crippen molar-refractivity contribution in [3.05, 3.63) is 145 Å². The summed E-state index contributed by atoms with van der Waals surface area (Å²) in [5.74, 6) is 1.76. The molecule has 0 aliphatic carbocycles. The molecule has 0 unspecified atom stereocenters. The summed E-state index contributed by atoms with van der Waals surface area (Å²) in [6.45, 7) is 3.83. The maximum Gasteiger partial charge on any atom is 0.294 e. The monoisotopic (exact) mass is 1050 g/mol. The number of anilines is 4. The topological polar surface area (TPSA) is 231 Å². The number of halogens is 4. The molecular weight excluding hydrogens is 998 g/mol. The molecule has 0 radical (unpaired) electrons. The van der Waals surface area contributed by atoms with Crippen molar-refractivity contribution in [3.8, 4) is 23.0 Å². The average Bonchev–Trinajstić information content (AvgIpc) is 3.89. The number of nitrogens with one attached hydrogen (secondary N) is 1. The number of benzene rings is 5. The van der Waals surface area contributed by atoms with Crippen LogP contribution in [0.2, 0.25) is 20.1 Å². The summed E-state index contributed by atoms with van der Waals surface area (Å²) in [7, 11) is 9.37. The third-order valence-electron chi connectivity index (χ3n) is 10.8. The number of hydrogen-bond acceptors (Lipinski definition) is 16. The molecule has 2 heterocycles. The van der Waals surface area contributed by atoms with Gasteiger partial charge in [0.25, 0.3) is 22.7 Å². The van der Waals surface area contributed by atoms with Crippen molar-refractivity contribution in [2.24, 2.45) is 0 Å². The lowest BCUT2D eigenvalue weighted by Gasteiger charge is -2.28. The Labute approximate surface area is 424 Å². The maximum absolute atomic E-state index is 11.1. The van der Waals surface area contributed by atoms with Gasteiger partial charge in [0.15, 0.2) is 0 Å². The highest BCUT2D eigenvalue weighted by Gasteiger charge is 2.26. The Morgan fingerprint density at radius 1 is 0.514 bits per heavy atom. The van der Waals surface area contributed by atoms with E-state index < -0.39 is 19.7 Å². The van der Waals surface area contributed by atoms with Gasteiger partial charge in [-0.05, 0) is 37.7 Å². The maximum atomic E-state index is 11.1. The highest BCUT2D eigenvalue weighted by Crippen LogP contribution is 2.41. The SMILES string of the molecule is COc1cc(N(C)C)c([N+](=O)[O-])cc1Cl.COc1cc(N2CCCC2)c([N+](=O)[O-])cc1Cl.COc1cc(N2CCCCC2)c([N+](=O)[O-])cc1Cl.COc1cc(NCc2ccccc2)c([N+](=O)[O-])cc1Cl. The van der Waals surface area contributed by atoms with E-state index >= 15 is 0 Å². The van der Waals surface area contributed by atoms with Crippen LogP contribution in [-0.4, -0.2) is 88.4 Å². The van der Waals surface area contributed by atoms with Gasteiger partial charge in [-0.25, -0.2) is 0 Å². The standard InChI is InChI=1S/C14H13ClN2O3.C12H15ClN2O3.C11H13ClN2O3.C9H11ClN2O3/c1-20-14-8-12(13(17(18)19)7-11(14)15)16-9-10-5-3-2-4-6-10;1-18-12-8-10(14-5-3-2-4-6-14)11(15(16)17)7-9(12)13;1-17-11-7-9(13-4-2-3-5-13)10(14(15)16)6-8(11)12;1-11(2)7-5-9(15-3)6(10)4-8(7)12(13)14/h2-8,16H,9H2,1H3;7-8H,2-6H2,1H3;6-7H,2-5H2,1H3;4-5H,1-3H3. The van der Waals surface area contributed by atoms with Gasteiger partial charge in [-0.1, -0.05) is 76.7 Å². The Morgan fingerprint density at radius 2 is 0.871 bits per heavy atom. The van der Waals surface area contributed by atoms with Gasteiger partial charge in [-0.3, -0.25) is 40.5 Å². The Kier molecular flexibility index (Phi) is 21.4. The Hall–Kier alpha value is -6.74. The summed E-state index contributed by atoms with van der Waals surface area (Å²) in [5, 5.41) is 47.9. The van der Waals surface area contributed by atoms with Gasteiger partial charge >= 0.3 is 0 Å². The normalized spacial score (nSPS) is 12.7. The minimum atomic E-state index is -0.474. The van der Waals surface area contributed by atoms with Gasteiger partial charge in [-0.2, -0.15) is 0 Å². The van der Waals surface area contributed by atoms with Crippen molar-refractivity contribution < 1.29 is 38.6 Å². The Balaban J connectivity index is 0.000000204. The highest BCUT2D eigenvalue weighted by atomic mass is 35.5. The molecule has 0 aromatic heterocycles. The average molecular weight is 1050 g/mol. The summed E-state index contributed by atoms with van der Waals surface area (Å²) in [4.78, 5) is 47.8. The molecule has 2 aliphatic rings. The molecule has 1 N–H and O–H groups in total. The molecule has 0 bridgehead atoms. The molecule has 0 atom stereocenters. The third kappa shape index (κ3) is 15.1. The molecule has 5 aromatic rings. The zero-order chi connectivity index (χ0) is 51.7. The van der Waals surface area contributed by atoms with Gasteiger partial charge in [-0.15, -0.1) is 0 Å². The van der Waals surface area contributed by atoms with Crippen molar-refractivity contribution in [1.29, 1.82) is 0 Å². The van der Waals surface area contributed by atoms with Crippen molar-refractivity contribution in [1.82, 2.24) is 0 Å². The molecule has 2 aliphatic heterocycles. The summed E-state index contributed by atoms with van der Waals surface area (Å²) in [6, 6.07) is 21.3. The van der Waals surface area contributed by atoms with E-state index in [2.05, 4.69) is 5.32 Å². The predicted octanol–water partition coefficient (Wildman–Crippen LogP) is 12.3. The zero-order valence-electron chi connectivity index (χ0n) is 39.1. The van der Waals surface area contributed by atoms with E-state index in [1.165, 1.54) is 65.2 Å². The van der Waals surface area contributed by atoms with E-state index in [9.17, 15) is 40.5 Å². The fourth-order valence-electron chi connectivity index (χ4n) is 7.25. The van der Waals surface area contributed by atoms with Crippen LogP contribution in [0, 0.1) is 40.5 Å². The number of nitro benzene ring substituents is 4. The molecule has 5 aromatic carbocycles. The van der Waals surface area contributed by atoms with Gasteiger partial charge in [0.2, 0.25) is 0 Å². The largest absolute Gasteiger partial charge is 0.495 e. The Morgan fingerprint density at radius 3 is 1.26 bits per heavy atom. The first-order chi connectivity index (χ1) is 33.3. The second-order valence-corrected chi connectivity index (χ2v) is 17.1. The highest BCUT2D eigenvalue weighted by molar-refractivity contribution is 6.33. The summed E-state index contributed by atoms with van der Waals surface area (Å²) in [6.07, 6.45) is 5.41. The molecule has 2 saturated heterocycles. The fraction of sp³-hybridized carbons (Fsp3) is 0.348. The van der Waals surface area contributed by atoms with Crippen LogP contribution in [-0.2, 0) is 6.54 Å². The number of methoxy groups -OCH3 is 4. The van der Waals surface area contributed by atoms with Gasteiger partial charge < -0.3 is 39.0 Å². The minimum absolute atomic E-state index is 0.0363. The Bertz CT molecular complexity index is 2620. The molecule has 2 fully saturated rings. The van der Waals surface area contributed by atoms with Crippen LogP contribution < -0.4 is 39.0 Å². The van der Waals surface area contributed by atoms with Crippen LogP contribution in [0.1, 0.15) is 37.7 Å². The van der Waals surface area contributed by atoms with E-state index in [4.69, 9.17) is 65.4 Å². The van der Waals surface area contributed by atoms with Crippen LogP contribution in [0.25, 0.3) is 0 Å². The lowest BCUT2D eigenvalue weighted by atomic mass is 10.1. The van der Waals surface area contributed by atoms with Gasteiger partial charge in [0, 0.05) is 95.4 Å². The van der Waals surface area contributed by atoms with E-state index in [0.717, 1.165) is 57.4 Å². The second-order valence-electron chi connectivity index (χ2n) is 15.4. The van der Waals surface area contributed by atoms with Crippen LogP contribution >= 0.6 is 46.4 Å². The predicted molar refractivity (Wildman–Crippen MR) is 274 cm³/mol. The van der Waals surface area contributed by atoms with E-state index in [1.54, 1.807) is 37.2 Å². The molecule has 20 nitrogen and oxygen atoms in total. The number of ether oxygens (including phenoxy) is 4. The van der Waals surface area contributed by atoms with E-state index in [1.807, 2.05) is 40.1 Å². The van der Waals surface area contributed by atoms with Crippen LogP contribution in [0.15, 0.2) is 78.9 Å². The number of rotatable bonds is 14. The van der Waals surface area contributed by atoms with Crippen LogP contribution in [0.4, 0.5) is 45.5 Å². The second kappa shape index (κ2) is 26.9. The summed E-state index contributed by atoms with van der Waals surface area (Å²) < 4.78 is 20.3. The lowest BCUT2D eigenvalue weighted by molar-refractivity contribution is -0.384. The van der Waals surface area contributed by atoms with Crippen molar-refractivity contribution in [2.75, 3.05) is 88.7 Å². The summed E-state index contributed by atoms with van der Waals surface area (Å²) >= 11 is 23.5. The summed E-state index contributed by atoms with van der Waals surface area (Å²) in [5.41, 5.74) is 3.02. The smallest absolute Gasteiger partial charge is 0.294 e. The minimum Gasteiger partial charge on any atom is -0.495 e. The molecular formula is C46H52Cl4N8O12. The van der Waals surface area contributed by atoms with Crippen LogP contribution in [0.3, 0.4) is 0 Å². The molecule has 24 heteroatoms. The molecule has 0 spiro atoms. The van der Waals surface area contributed by atoms with Gasteiger partial charge in [0.1, 0.15) is 45.7 Å². The van der Waals surface area contributed by atoms with E-state index in [0.29, 0.717) is 52.3 Å². The zero-order valence-corrected chi connectivity index (χ0v) is 42.1. The van der Waals surface area contributed by atoms with E-state index in [-0.39, 0.29) is 42.8 Å². The quantitative estimate of drug-likeness (QED) is 0.0804. The number of nitro groups is 4. The molecule has 70 heavy (non-hydrogen) atoms. The van der Waals surface area contributed by atoms with Crippen LogP contribution in [0.5, 0.6) is 23.0 Å². The first-order valence-electron chi connectivity index (χ1n) is 21.4. The molecule has 0 saturated carbocycles. The first kappa shape index (κ1) is 55.9. The number of piperidine rings is 1. The fourth-order valence-corrected chi connectivity index (χ4v) is 8.19. The molecule has 0 amide bonds.